The zero-order chi connectivity index (χ0) is 31.8. The van der Waals surface area contributed by atoms with Gasteiger partial charge in [-0.1, -0.05) is 87.4 Å². The number of pyridine rings is 1. The molecule has 0 atom stereocenters. The summed E-state index contributed by atoms with van der Waals surface area (Å²) in [6.07, 6.45) is 5.08. The minimum atomic E-state index is -0.375. The maximum atomic E-state index is 12.2. The lowest BCUT2D eigenvalue weighted by Crippen LogP contribution is -2.05. The number of rotatable bonds is 6. The van der Waals surface area contributed by atoms with Gasteiger partial charge in [-0.25, -0.2) is 19.3 Å². The number of methoxy groups -OCH3 is 1. The molecule has 7 nitrogen and oxygen atoms in total. The number of nitrogens with zero attached hydrogens (tertiary/aromatic N) is 6. The molecule has 0 aliphatic carbocycles. The molecule has 228 valence electrons. The molecule has 0 radical (unpaired) electrons. The van der Waals surface area contributed by atoms with Gasteiger partial charge < -0.3 is 4.74 Å². The van der Waals surface area contributed by atoms with Crippen molar-refractivity contribution in [2.24, 2.45) is 0 Å². The second-order valence-corrected chi connectivity index (χ2v) is 7.47. The Kier molecular flexibility index (Phi) is 23.2. The maximum absolute atomic E-state index is 12.2. The van der Waals surface area contributed by atoms with E-state index in [2.05, 4.69) is 45.1 Å². The lowest BCUT2D eigenvalue weighted by molar-refractivity contribution is 0.412. The number of halogens is 1. The van der Waals surface area contributed by atoms with Crippen LogP contribution in [0.15, 0.2) is 48.8 Å². The third-order valence-corrected chi connectivity index (χ3v) is 5.01. The Hall–Kier alpha value is -3.68. The second-order valence-electron chi connectivity index (χ2n) is 7.47. The van der Waals surface area contributed by atoms with Crippen LogP contribution in [0.2, 0.25) is 0 Å². The Bertz CT molecular complexity index is 1190. The topological polar surface area (TPSA) is 78.6 Å². The van der Waals surface area contributed by atoms with Crippen molar-refractivity contribution in [3.8, 4) is 23.0 Å². The molecule has 0 spiro atoms. The summed E-state index contributed by atoms with van der Waals surface area (Å²) >= 11 is 0. The smallest absolute Gasteiger partial charge is 0.187 e. The van der Waals surface area contributed by atoms with Crippen LogP contribution in [0.25, 0.3) is 17.2 Å². The molecule has 0 N–H and O–H groups in total. The van der Waals surface area contributed by atoms with Crippen LogP contribution >= 0.6 is 0 Å². The van der Waals surface area contributed by atoms with E-state index in [9.17, 15) is 4.39 Å². The van der Waals surface area contributed by atoms with Crippen molar-refractivity contribution < 1.29 is 9.13 Å². The van der Waals surface area contributed by atoms with Gasteiger partial charge in [0, 0.05) is 12.1 Å². The number of benzene rings is 1. The molecule has 0 aliphatic rings. The molecule has 0 bridgehead atoms. The zero-order valence-corrected chi connectivity index (χ0v) is 27.7. The quantitative estimate of drug-likeness (QED) is 0.231. The summed E-state index contributed by atoms with van der Waals surface area (Å²) in [5.74, 6) is 2.66. The number of ether oxygens (including phenoxy) is 1. The van der Waals surface area contributed by atoms with Crippen molar-refractivity contribution in [3.05, 3.63) is 77.5 Å². The summed E-state index contributed by atoms with van der Waals surface area (Å²) in [5, 5.41) is 8.61. The monoisotopic (exact) mass is 568 g/mol. The van der Waals surface area contributed by atoms with E-state index in [1.54, 1.807) is 7.11 Å². The molecule has 4 rings (SSSR count). The lowest BCUT2D eigenvalue weighted by Gasteiger charge is -2.15. The van der Waals surface area contributed by atoms with E-state index in [0.717, 1.165) is 59.3 Å². The maximum Gasteiger partial charge on any atom is 0.187 e. The van der Waals surface area contributed by atoms with E-state index >= 15 is 0 Å². The van der Waals surface area contributed by atoms with E-state index in [4.69, 9.17) is 4.74 Å². The first-order valence-electron chi connectivity index (χ1n) is 15.0. The highest BCUT2D eigenvalue weighted by atomic mass is 19.1. The molecular weight excluding hydrogens is 515 g/mol. The molecule has 3 heterocycles. The van der Waals surface area contributed by atoms with Gasteiger partial charge in [-0.15, -0.1) is 10.2 Å². The third-order valence-electron chi connectivity index (χ3n) is 5.01. The van der Waals surface area contributed by atoms with Crippen LogP contribution in [-0.2, 0) is 12.8 Å². The molecule has 41 heavy (non-hydrogen) atoms. The van der Waals surface area contributed by atoms with Crippen LogP contribution in [0.5, 0.6) is 5.75 Å². The summed E-state index contributed by atoms with van der Waals surface area (Å²) in [5.41, 5.74) is 3.90. The van der Waals surface area contributed by atoms with Gasteiger partial charge >= 0.3 is 0 Å². The van der Waals surface area contributed by atoms with Gasteiger partial charge in [-0.05, 0) is 50.5 Å². The molecule has 0 saturated carbocycles. The molecule has 0 amide bonds. The number of hydrogen-bond donors (Lipinski definition) is 0. The van der Waals surface area contributed by atoms with Crippen LogP contribution in [-0.4, -0.2) is 36.8 Å². The Morgan fingerprint density at radius 2 is 1.39 bits per heavy atom. The summed E-state index contributed by atoms with van der Waals surface area (Å²) in [6.45, 7) is 24.1. The van der Waals surface area contributed by atoms with Gasteiger partial charge in [0.05, 0.1) is 25.2 Å². The molecule has 4 aromatic rings. The van der Waals surface area contributed by atoms with E-state index < -0.39 is 0 Å². The normalized spacial score (nSPS) is 9.02. The van der Waals surface area contributed by atoms with Crippen molar-refractivity contribution in [3.63, 3.8) is 0 Å². The van der Waals surface area contributed by atoms with Gasteiger partial charge in [0.15, 0.2) is 11.6 Å². The van der Waals surface area contributed by atoms with Crippen molar-refractivity contribution in [1.29, 1.82) is 0 Å². The summed E-state index contributed by atoms with van der Waals surface area (Å²) in [4.78, 5) is 12.2. The molecule has 1 aromatic carbocycles. The molecule has 0 fully saturated rings. The number of aromatic nitrogens is 6. The second kappa shape index (κ2) is 24.1. The Morgan fingerprint density at radius 1 is 0.805 bits per heavy atom. The fourth-order valence-electron chi connectivity index (χ4n) is 3.37. The highest BCUT2D eigenvalue weighted by Crippen LogP contribution is 2.31. The predicted octanol–water partition coefficient (Wildman–Crippen LogP) is 9.19. The van der Waals surface area contributed by atoms with Crippen LogP contribution in [0, 0.1) is 19.7 Å². The number of aryl methyl sites for hydroxylation is 4. The fourth-order valence-corrected chi connectivity index (χ4v) is 3.37. The highest BCUT2D eigenvalue weighted by Gasteiger charge is 2.19. The zero-order valence-electron chi connectivity index (χ0n) is 27.7. The molecule has 0 saturated heterocycles. The Morgan fingerprint density at radius 3 is 1.93 bits per heavy atom. The van der Waals surface area contributed by atoms with Gasteiger partial charge in [0.2, 0.25) is 0 Å². The first kappa shape index (κ1) is 39.5. The molecule has 8 heteroatoms. The van der Waals surface area contributed by atoms with E-state index in [0.29, 0.717) is 5.82 Å². The molecule has 3 aromatic heterocycles. The first-order valence-corrected chi connectivity index (χ1v) is 15.0. The van der Waals surface area contributed by atoms with Crippen molar-refractivity contribution >= 4 is 0 Å². The van der Waals surface area contributed by atoms with Gasteiger partial charge in [0.1, 0.15) is 23.1 Å². The average molecular weight is 569 g/mol. The van der Waals surface area contributed by atoms with Crippen molar-refractivity contribution in [2.75, 3.05) is 7.11 Å². The van der Waals surface area contributed by atoms with E-state index in [-0.39, 0.29) is 5.82 Å². The molecule has 0 unspecified atom stereocenters. The minimum Gasteiger partial charge on any atom is -0.495 e. The van der Waals surface area contributed by atoms with Crippen LogP contribution in [0.3, 0.4) is 0 Å². The Balaban J connectivity index is 0. The number of hydrogen-bond acceptors (Lipinski definition) is 6. The van der Waals surface area contributed by atoms with E-state index in [1.807, 2.05) is 104 Å². The first-order chi connectivity index (χ1) is 20.0. The third kappa shape index (κ3) is 12.6. The van der Waals surface area contributed by atoms with E-state index in [1.165, 1.54) is 12.4 Å². The van der Waals surface area contributed by atoms with Crippen molar-refractivity contribution in [1.82, 2.24) is 29.7 Å². The van der Waals surface area contributed by atoms with Crippen LogP contribution in [0.4, 0.5) is 4.39 Å². The highest BCUT2D eigenvalue weighted by molar-refractivity contribution is 5.60. The molecule has 0 aliphatic heterocycles. The number of para-hydroxylation sites is 1. The van der Waals surface area contributed by atoms with Gasteiger partial charge in [-0.3, -0.25) is 4.57 Å². The van der Waals surface area contributed by atoms with Gasteiger partial charge in [-0.2, -0.15) is 0 Å². The SMILES string of the molecule is CC.CC.CC.CC.CCCc1ncc(F)cn1.CCc1cccc(-c2nnc(C)n2-c2c(C)cccc2OC)n1. The predicted molar refractivity (Wildman–Crippen MR) is 171 cm³/mol. The largest absolute Gasteiger partial charge is 0.495 e. The summed E-state index contributed by atoms with van der Waals surface area (Å²) in [7, 11) is 1.67. The van der Waals surface area contributed by atoms with Crippen LogP contribution in [0.1, 0.15) is 98.6 Å². The fraction of sp³-hybridized carbons (Fsp3) is 0.485. The van der Waals surface area contributed by atoms with Crippen LogP contribution < -0.4 is 4.74 Å². The Labute approximate surface area is 248 Å². The van der Waals surface area contributed by atoms with Crippen molar-refractivity contribution in [2.45, 2.75) is 102 Å². The summed E-state index contributed by atoms with van der Waals surface area (Å²) in [6, 6.07) is 12.0. The lowest BCUT2D eigenvalue weighted by atomic mass is 10.1. The van der Waals surface area contributed by atoms with Gasteiger partial charge in [0.25, 0.3) is 0 Å². The average Bonchev–Trinajstić information content (AvgIpc) is 3.43. The summed E-state index contributed by atoms with van der Waals surface area (Å²) < 4.78 is 19.8. The molecular formula is C33H53FN6O. The minimum absolute atomic E-state index is 0.375. The standard InChI is InChI=1S/C18H20N4O.C7H9FN2.4C2H6/c1-5-14-9-7-10-15(19-14)18-21-20-13(3)22(18)17-12(2)8-6-11-16(17)23-4;1-2-3-7-9-4-6(8)5-10-7;4*1-2/h6-11H,5H2,1-4H3;4-5H,2-3H2,1H3;4*1-2H3.